The van der Waals surface area contributed by atoms with Crippen molar-refractivity contribution in [3.63, 3.8) is 0 Å². The van der Waals surface area contributed by atoms with Crippen LogP contribution in [0.4, 0.5) is 0 Å². The predicted octanol–water partition coefficient (Wildman–Crippen LogP) is 2.29. The Labute approximate surface area is 137 Å². The van der Waals surface area contributed by atoms with Crippen LogP contribution in [0.15, 0.2) is 59.5 Å². The first-order valence-electron chi connectivity index (χ1n) is 7.35. The summed E-state index contributed by atoms with van der Waals surface area (Å²) >= 11 is 0. The molecule has 0 amide bonds. The molecule has 0 aliphatic heterocycles. The zero-order valence-corrected chi connectivity index (χ0v) is 13.9. The fraction of sp³-hybridized carbons (Fsp3) is 0.294. The molecule has 1 N–H and O–H groups in total. The quantitative estimate of drug-likeness (QED) is 0.714. The van der Waals surface area contributed by atoms with Gasteiger partial charge in [0.05, 0.1) is 24.7 Å². The van der Waals surface area contributed by atoms with Crippen molar-refractivity contribution in [1.29, 1.82) is 0 Å². The van der Waals surface area contributed by atoms with Crippen LogP contribution in [0.1, 0.15) is 0 Å². The molecule has 0 saturated carbocycles. The number of rotatable bonds is 9. The third-order valence-corrected chi connectivity index (χ3v) is 4.72. The van der Waals surface area contributed by atoms with Crippen molar-refractivity contribution < 1.29 is 17.9 Å². The van der Waals surface area contributed by atoms with Crippen LogP contribution in [0.25, 0.3) is 11.1 Å². The molecule has 0 heterocycles. The standard InChI is InChI=1S/C17H21NO4S/c1-21-13-14-22-12-11-18-23(19,20)17-9-7-16(8-10-17)15-5-3-2-4-6-15/h2-10,18H,11-14H2,1H3. The number of benzene rings is 2. The summed E-state index contributed by atoms with van der Waals surface area (Å²) in [4.78, 5) is 0.245. The van der Waals surface area contributed by atoms with E-state index in [1.54, 1.807) is 31.4 Å². The molecule has 0 aromatic heterocycles. The maximum atomic E-state index is 12.2. The Morgan fingerprint density at radius 3 is 2.17 bits per heavy atom. The Hall–Kier alpha value is -1.73. The fourth-order valence-electron chi connectivity index (χ4n) is 2.03. The van der Waals surface area contributed by atoms with E-state index >= 15 is 0 Å². The van der Waals surface area contributed by atoms with Crippen molar-refractivity contribution >= 4 is 10.0 Å². The monoisotopic (exact) mass is 335 g/mol. The lowest BCUT2D eigenvalue weighted by atomic mass is 10.1. The molecule has 2 aromatic carbocycles. The summed E-state index contributed by atoms with van der Waals surface area (Å²) in [6, 6.07) is 16.6. The number of hydrogen-bond acceptors (Lipinski definition) is 4. The van der Waals surface area contributed by atoms with E-state index in [1.165, 1.54) is 0 Å². The van der Waals surface area contributed by atoms with Gasteiger partial charge in [0, 0.05) is 13.7 Å². The van der Waals surface area contributed by atoms with Gasteiger partial charge in [-0.15, -0.1) is 0 Å². The number of nitrogens with one attached hydrogen (secondary N) is 1. The minimum Gasteiger partial charge on any atom is -0.382 e. The van der Waals surface area contributed by atoms with Crippen LogP contribution < -0.4 is 4.72 Å². The molecule has 0 spiro atoms. The molecule has 0 radical (unpaired) electrons. The topological polar surface area (TPSA) is 64.6 Å². The summed E-state index contributed by atoms with van der Waals surface area (Å²) in [7, 11) is -1.92. The van der Waals surface area contributed by atoms with Crippen LogP contribution in [0.2, 0.25) is 0 Å². The number of ether oxygens (including phenoxy) is 2. The van der Waals surface area contributed by atoms with E-state index in [0.717, 1.165) is 11.1 Å². The summed E-state index contributed by atoms with van der Waals surface area (Å²) in [5.74, 6) is 0. The fourth-order valence-corrected chi connectivity index (χ4v) is 3.05. The summed E-state index contributed by atoms with van der Waals surface area (Å²) in [6.45, 7) is 1.48. The first-order chi connectivity index (χ1) is 11.1. The minimum absolute atomic E-state index is 0.229. The van der Waals surface area contributed by atoms with Crippen LogP contribution in [-0.2, 0) is 19.5 Å². The number of hydrogen-bond donors (Lipinski definition) is 1. The molecule has 0 unspecified atom stereocenters. The van der Waals surface area contributed by atoms with Crippen molar-refractivity contribution in [3.05, 3.63) is 54.6 Å². The maximum absolute atomic E-state index is 12.2. The van der Waals surface area contributed by atoms with Gasteiger partial charge in [0.2, 0.25) is 10.0 Å². The molecule has 0 aliphatic carbocycles. The van der Waals surface area contributed by atoms with Crippen LogP contribution >= 0.6 is 0 Å². The molecule has 0 atom stereocenters. The van der Waals surface area contributed by atoms with Gasteiger partial charge in [-0.25, -0.2) is 13.1 Å². The average molecular weight is 335 g/mol. The molecule has 6 heteroatoms. The Morgan fingerprint density at radius 1 is 0.870 bits per heavy atom. The van der Waals surface area contributed by atoms with E-state index < -0.39 is 10.0 Å². The molecular formula is C17H21NO4S. The predicted molar refractivity (Wildman–Crippen MR) is 89.8 cm³/mol. The summed E-state index contributed by atoms with van der Waals surface area (Å²) in [5, 5.41) is 0. The third kappa shape index (κ3) is 5.44. The molecule has 0 bridgehead atoms. The molecule has 23 heavy (non-hydrogen) atoms. The normalized spacial score (nSPS) is 11.5. The van der Waals surface area contributed by atoms with E-state index in [9.17, 15) is 8.42 Å². The van der Waals surface area contributed by atoms with Gasteiger partial charge >= 0.3 is 0 Å². The van der Waals surface area contributed by atoms with Crippen LogP contribution in [0.5, 0.6) is 0 Å². The van der Waals surface area contributed by atoms with Crippen molar-refractivity contribution in [2.75, 3.05) is 33.5 Å². The van der Waals surface area contributed by atoms with Crippen LogP contribution in [0, 0.1) is 0 Å². The second-order valence-electron chi connectivity index (χ2n) is 4.89. The van der Waals surface area contributed by atoms with E-state index in [2.05, 4.69) is 4.72 Å². The first kappa shape index (κ1) is 17.6. The van der Waals surface area contributed by atoms with Crippen LogP contribution in [-0.4, -0.2) is 41.9 Å². The molecule has 0 saturated heterocycles. The smallest absolute Gasteiger partial charge is 0.240 e. The van der Waals surface area contributed by atoms with Gasteiger partial charge in [-0.2, -0.15) is 0 Å². The van der Waals surface area contributed by atoms with Gasteiger partial charge in [0.25, 0.3) is 0 Å². The summed E-state index contributed by atoms with van der Waals surface area (Å²) < 4.78 is 36.9. The molecule has 2 rings (SSSR count). The molecule has 0 fully saturated rings. The van der Waals surface area contributed by atoms with Crippen molar-refractivity contribution in [3.8, 4) is 11.1 Å². The van der Waals surface area contributed by atoms with Gasteiger partial charge in [0.15, 0.2) is 0 Å². The molecule has 0 aliphatic rings. The highest BCUT2D eigenvalue weighted by Gasteiger charge is 2.13. The van der Waals surface area contributed by atoms with Gasteiger partial charge in [-0.1, -0.05) is 42.5 Å². The number of sulfonamides is 1. The van der Waals surface area contributed by atoms with Crippen LogP contribution in [0.3, 0.4) is 0 Å². The van der Waals surface area contributed by atoms with Gasteiger partial charge in [-0.3, -0.25) is 0 Å². The largest absolute Gasteiger partial charge is 0.382 e. The van der Waals surface area contributed by atoms with Gasteiger partial charge in [-0.05, 0) is 23.3 Å². The lowest BCUT2D eigenvalue weighted by Gasteiger charge is -2.08. The third-order valence-electron chi connectivity index (χ3n) is 3.24. The molecular weight excluding hydrogens is 314 g/mol. The second-order valence-corrected chi connectivity index (χ2v) is 6.66. The van der Waals surface area contributed by atoms with Crippen molar-refractivity contribution in [2.45, 2.75) is 4.90 Å². The SMILES string of the molecule is COCCOCCNS(=O)(=O)c1ccc(-c2ccccc2)cc1. The van der Waals surface area contributed by atoms with E-state index in [0.29, 0.717) is 19.8 Å². The first-order valence-corrected chi connectivity index (χ1v) is 8.83. The maximum Gasteiger partial charge on any atom is 0.240 e. The number of methoxy groups -OCH3 is 1. The zero-order chi connectivity index (χ0) is 16.5. The van der Waals surface area contributed by atoms with Crippen molar-refractivity contribution in [1.82, 2.24) is 4.72 Å². The van der Waals surface area contributed by atoms with E-state index in [-0.39, 0.29) is 11.4 Å². The molecule has 2 aromatic rings. The highest BCUT2D eigenvalue weighted by molar-refractivity contribution is 7.89. The lowest BCUT2D eigenvalue weighted by molar-refractivity contribution is 0.0736. The molecule has 5 nitrogen and oxygen atoms in total. The molecule has 124 valence electrons. The summed E-state index contributed by atoms with van der Waals surface area (Å²) in [6.07, 6.45) is 0. The lowest BCUT2D eigenvalue weighted by Crippen LogP contribution is -2.27. The van der Waals surface area contributed by atoms with Crippen molar-refractivity contribution in [2.24, 2.45) is 0 Å². The van der Waals surface area contributed by atoms with Gasteiger partial charge in [0.1, 0.15) is 0 Å². The van der Waals surface area contributed by atoms with E-state index in [1.807, 2.05) is 30.3 Å². The zero-order valence-electron chi connectivity index (χ0n) is 13.1. The Bertz CT molecular complexity index is 684. The Morgan fingerprint density at radius 2 is 1.52 bits per heavy atom. The second kappa shape index (κ2) is 8.79. The highest BCUT2D eigenvalue weighted by atomic mass is 32.2. The average Bonchev–Trinajstić information content (AvgIpc) is 2.59. The minimum atomic E-state index is -3.51. The Balaban J connectivity index is 1.92. The highest BCUT2D eigenvalue weighted by Crippen LogP contribution is 2.20. The van der Waals surface area contributed by atoms with Gasteiger partial charge < -0.3 is 9.47 Å². The summed E-state index contributed by atoms with van der Waals surface area (Å²) in [5.41, 5.74) is 2.03. The van der Waals surface area contributed by atoms with E-state index in [4.69, 9.17) is 9.47 Å². The Kier molecular flexibility index (Phi) is 6.73.